The number of hydrogen-bond donors (Lipinski definition) is 1. The number of aromatic nitrogens is 4. The Labute approximate surface area is 187 Å². The van der Waals surface area contributed by atoms with Gasteiger partial charge in [0, 0.05) is 6.54 Å². The molecule has 160 valence electrons. The third-order valence-corrected chi connectivity index (χ3v) is 4.63. The van der Waals surface area contributed by atoms with Gasteiger partial charge in [0.2, 0.25) is 0 Å². The van der Waals surface area contributed by atoms with Crippen molar-refractivity contribution in [2.24, 2.45) is 0 Å². The fourth-order valence-corrected chi connectivity index (χ4v) is 3.06. The van der Waals surface area contributed by atoms with Gasteiger partial charge in [-0.2, -0.15) is 4.68 Å². The normalized spacial score (nSPS) is 10.4. The van der Waals surface area contributed by atoms with E-state index in [4.69, 9.17) is 9.47 Å². The molecule has 1 N–H and O–H groups in total. The van der Waals surface area contributed by atoms with E-state index in [0.717, 1.165) is 36.5 Å². The minimum Gasteiger partial charge on any atom is -1.00 e. The molecular formula is C23H23ClN5O2-. The fourth-order valence-electron chi connectivity index (χ4n) is 3.06. The molecule has 0 aliphatic rings. The highest BCUT2D eigenvalue weighted by atomic mass is 35.5. The molecule has 0 spiro atoms. The zero-order chi connectivity index (χ0) is 20.6. The SMILES string of the molecule is COc1ccc(CCNCc2cccc(Oc3nnnn3-c3ccccc3)c2)cc1.[Cl-]. The second-order valence-electron chi connectivity index (χ2n) is 6.73. The van der Waals surface area contributed by atoms with Crippen molar-refractivity contribution in [1.82, 2.24) is 25.5 Å². The maximum absolute atomic E-state index is 5.93. The zero-order valence-electron chi connectivity index (χ0n) is 17.1. The van der Waals surface area contributed by atoms with Crippen molar-refractivity contribution in [3.8, 4) is 23.2 Å². The van der Waals surface area contributed by atoms with Gasteiger partial charge in [-0.15, -0.1) is 0 Å². The average Bonchev–Trinajstić information content (AvgIpc) is 3.26. The largest absolute Gasteiger partial charge is 1.00 e. The van der Waals surface area contributed by atoms with E-state index in [2.05, 4.69) is 39.0 Å². The number of ether oxygens (including phenoxy) is 2. The van der Waals surface area contributed by atoms with Crippen LogP contribution in [-0.4, -0.2) is 33.9 Å². The predicted octanol–water partition coefficient (Wildman–Crippen LogP) is 0.799. The summed E-state index contributed by atoms with van der Waals surface area (Å²) in [7, 11) is 1.68. The van der Waals surface area contributed by atoms with Crippen LogP contribution in [0.2, 0.25) is 0 Å². The molecule has 0 aliphatic heterocycles. The monoisotopic (exact) mass is 436 g/mol. The fraction of sp³-hybridized carbons (Fsp3) is 0.174. The number of methoxy groups -OCH3 is 1. The summed E-state index contributed by atoms with van der Waals surface area (Å²) < 4.78 is 12.7. The first kappa shape index (κ1) is 22.3. The molecule has 0 saturated heterocycles. The molecule has 0 bridgehead atoms. The number of nitrogens with one attached hydrogen (secondary N) is 1. The van der Waals surface area contributed by atoms with Gasteiger partial charge in [0.15, 0.2) is 0 Å². The Morgan fingerprint density at radius 1 is 0.871 bits per heavy atom. The Hall–Kier alpha value is -3.42. The molecule has 31 heavy (non-hydrogen) atoms. The van der Waals surface area contributed by atoms with Gasteiger partial charge in [-0.3, -0.25) is 0 Å². The molecule has 0 aliphatic carbocycles. The van der Waals surface area contributed by atoms with Gasteiger partial charge >= 0.3 is 6.01 Å². The molecule has 8 heteroatoms. The second kappa shape index (κ2) is 11.1. The van der Waals surface area contributed by atoms with Crippen molar-refractivity contribution in [1.29, 1.82) is 0 Å². The van der Waals surface area contributed by atoms with E-state index in [1.54, 1.807) is 11.8 Å². The van der Waals surface area contributed by atoms with Crippen LogP contribution in [0.4, 0.5) is 0 Å². The highest BCUT2D eigenvalue weighted by Crippen LogP contribution is 2.22. The van der Waals surface area contributed by atoms with Crippen molar-refractivity contribution >= 4 is 0 Å². The van der Waals surface area contributed by atoms with Crippen LogP contribution in [0.15, 0.2) is 78.9 Å². The molecule has 0 saturated carbocycles. The van der Waals surface area contributed by atoms with Gasteiger partial charge in [0.1, 0.15) is 11.5 Å². The molecule has 0 atom stereocenters. The third-order valence-electron chi connectivity index (χ3n) is 4.63. The summed E-state index contributed by atoms with van der Waals surface area (Å²) in [4.78, 5) is 0. The van der Waals surface area contributed by atoms with Crippen LogP contribution in [-0.2, 0) is 13.0 Å². The lowest BCUT2D eigenvalue weighted by molar-refractivity contribution is -0.00000717. The van der Waals surface area contributed by atoms with Crippen LogP contribution >= 0.6 is 0 Å². The zero-order valence-corrected chi connectivity index (χ0v) is 17.9. The van der Waals surface area contributed by atoms with Crippen LogP contribution in [0.3, 0.4) is 0 Å². The summed E-state index contributed by atoms with van der Waals surface area (Å²) in [6, 6.07) is 26.0. The highest BCUT2D eigenvalue weighted by Gasteiger charge is 2.10. The van der Waals surface area contributed by atoms with E-state index in [9.17, 15) is 0 Å². The average molecular weight is 437 g/mol. The number of hydrogen-bond acceptors (Lipinski definition) is 6. The lowest BCUT2D eigenvalue weighted by atomic mass is 10.1. The minimum atomic E-state index is 0. The van der Waals surface area contributed by atoms with E-state index in [-0.39, 0.29) is 12.4 Å². The second-order valence-corrected chi connectivity index (χ2v) is 6.73. The van der Waals surface area contributed by atoms with Gasteiger partial charge in [0.05, 0.1) is 12.8 Å². The van der Waals surface area contributed by atoms with E-state index < -0.39 is 0 Å². The van der Waals surface area contributed by atoms with Gasteiger partial charge in [-0.05, 0) is 70.9 Å². The van der Waals surface area contributed by atoms with Gasteiger partial charge in [-0.25, -0.2) is 0 Å². The van der Waals surface area contributed by atoms with Crippen LogP contribution < -0.4 is 27.2 Å². The first-order chi connectivity index (χ1) is 14.8. The lowest BCUT2D eigenvalue weighted by Crippen LogP contribution is -3.00. The van der Waals surface area contributed by atoms with Crippen molar-refractivity contribution < 1.29 is 21.9 Å². The molecule has 0 unspecified atom stereocenters. The van der Waals surface area contributed by atoms with E-state index >= 15 is 0 Å². The highest BCUT2D eigenvalue weighted by molar-refractivity contribution is 5.34. The van der Waals surface area contributed by atoms with Crippen molar-refractivity contribution in [2.45, 2.75) is 13.0 Å². The Kier molecular flexibility index (Phi) is 7.98. The van der Waals surface area contributed by atoms with Crippen LogP contribution in [0.5, 0.6) is 17.5 Å². The Morgan fingerprint density at radius 2 is 1.68 bits per heavy atom. The van der Waals surface area contributed by atoms with Crippen molar-refractivity contribution in [3.05, 3.63) is 90.0 Å². The number of tetrazole rings is 1. The molecule has 4 rings (SSSR count). The topological polar surface area (TPSA) is 74.1 Å². The molecular weight excluding hydrogens is 414 g/mol. The lowest BCUT2D eigenvalue weighted by Gasteiger charge is -2.09. The minimum absolute atomic E-state index is 0. The van der Waals surface area contributed by atoms with Gasteiger partial charge < -0.3 is 27.2 Å². The number of para-hydroxylation sites is 1. The first-order valence-electron chi connectivity index (χ1n) is 9.76. The molecule has 7 nitrogen and oxygen atoms in total. The van der Waals surface area contributed by atoms with Crippen molar-refractivity contribution in [2.75, 3.05) is 13.7 Å². The van der Waals surface area contributed by atoms with Crippen LogP contribution in [0.25, 0.3) is 5.69 Å². The molecule has 1 heterocycles. The predicted molar refractivity (Wildman–Crippen MR) is 114 cm³/mol. The van der Waals surface area contributed by atoms with E-state index in [0.29, 0.717) is 11.8 Å². The molecule has 4 aromatic rings. The third kappa shape index (κ3) is 6.04. The Balaban J connectivity index is 0.00000272. The number of halogens is 1. The van der Waals surface area contributed by atoms with E-state index in [1.807, 2.05) is 60.7 Å². The number of rotatable bonds is 9. The molecule has 0 radical (unpaired) electrons. The summed E-state index contributed by atoms with van der Waals surface area (Å²) in [6.07, 6.45) is 0.950. The Morgan fingerprint density at radius 3 is 2.45 bits per heavy atom. The standard InChI is InChI=1S/C23H23N5O2.ClH/c1-29-21-12-10-18(11-13-21)14-15-24-17-19-6-5-9-22(16-19)30-23-25-26-27-28(23)20-7-3-2-4-8-20;/h2-13,16,24H,14-15,17H2,1H3;1H/p-1. The maximum Gasteiger partial charge on any atom is 0.345 e. The van der Waals surface area contributed by atoms with Gasteiger partial charge in [0.25, 0.3) is 0 Å². The maximum atomic E-state index is 5.93. The first-order valence-corrected chi connectivity index (χ1v) is 9.76. The molecule has 0 amide bonds. The number of nitrogens with zero attached hydrogens (tertiary/aromatic N) is 4. The summed E-state index contributed by atoms with van der Waals surface area (Å²) in [5, 5.41) is 15.2. The number of benzene rings is 3. The van der Waals surface area contributed by atoms with Crippen LogP contribution in [0, 0.1) is 0 Å². The smallest absolute Gasteiger partial charge is 0.345 e. The van der Waals surface area contributed by atoms with Gasteiger partial charge in [-0.1, -0.05) is 47.6 Å². The summed E-state index contributed by atoms with van der Waals surface area (Å²) in [5.41, 5.74) is 3.24. The van der Waals surface area contributed by atoms with E-state index in [1.165, 1.54) is 5.56 Å². The Bertz CT molecular complexity index is 1070. The summed E-state index contributed by atoms with van der Waals surface area (Å²) >= 11 is 0. The van der Waals surface area contributed by atoms with Crippen LogP contribution in [0.1, 0.15) is 11.1 Å². The quantitative estimate of drug-likeness (QED) is 0.391. The molecule has 0 fully saturated rings. The van der Waals surface area contributed by atoms with Crippen molar-refractivity contribution in [3.63, 3.8) is 0 Å². The summed E-state index contributed by atoms with van der Waals surface area (Å²) in [6.45, 7) is 1.63. The molecule has 3 aromatic carbocycles. The summed E-state index contributed by atoms with van der Waals surface area (Å²) in [5.74, 6) is 1.57. The molecule has 1 aromatic heterocycles.